The van der Waals surface area contributed by atoms with Crippen LogP contribution in [-0.2, 0) is 16.0 Å². The molecule has 4 nitrogen and oxygen atoms in total. The maximum atomic E-state index is 11.0. The van der Waals surface area contributed by atoms with Gasteiger partial charge in [0.1, 0.15) is 11.5 Å². The third-order valence-electron chi connectivity index (χ3n) is 2.91. The smallest absolute Gasteiger partial charge is 0.333 e. The number of para-hydroxylation sites is 2. The molecule has 20 heavy (non-hydrogen) atoms. The largest absolute Gasteiger partial charge is 0.479 e. The number of carbonyl (C=O) groups is 1. The molecular weight excluding hydrogens is 256 g/mol. The van der Waals surface area contributed by atoms with E-state index < -0.39 is 12.1 Å². The van der Waals surface area contributed by atoms with Crippen LogP contribution in [0.1, 0.15) is 5.56 Å². The molecule has 0 aliphatic heterocycles. The molecule has 0 radical (unpaired) electrons. The predicted octanol–water partition coefficient (Wildman–Crippen LogP) is 3.12. The van der Waals surface area contributed by atoms with Crippen LogP contribution in [0.3, 0.4) is 0 Å². The van der Waals surface area contributed by atoms with Crippen LogP contribution in [0.25, 0.3) is 0 Å². The SMILES string of the molecule is CO[C@H](Cc1ccccc1Oc1ccccc1)C(=O)O. The van der Waals surface area contributed by atoms with Crippen LogP contribution < -0.4 is 4.74 Å². The van der Waals surface area contributed by atoms with Crippen molar-refractivity contribution in [3.05, 3.63) is 60.2 Å². The molecule has 1 atom stereocenters. The van der Waals surface area contributed by atoms with E-state index >= 15 is 0 Å². The summed E-state index contributed by atoms with van der Waals surface area (Å²) in [5.74, 6) is 0.369. The van der Waals surface area contributed by atoms with E-state index in [-0.39, 0.29) is 6.42 Å². The monoisotopic (exact) mass is 272 g/mol. The molecule has 0 bridgehead atoms. The Morgan fingerprint density at radius 3 is 2.40 bits per heavy atom. The zero-order chi connectivity index (χ0) is 14.4. The number of aliphatic carboxylic acids is 1. The van der Waals surface area contributed by atoms with Crippen molar-refractivity contribution in [2.24, 2.45) is 0 Å². The molecule has 0 aliphatic carbocycles. The highest BCUT2D eigenvalue weighted by Crippen LogP contribution is 2.26. The Bertz CT molecular complexity index is 566. The molecule has 0 unspecified atom stereocenters. The first-order chi connectivity index (χ1) is 9.70. The Labute approximate surface area is 117 Å². The van der Waals surface area contributed by atoms with E-state index in [1.165, 1.54) is 7.11 Å². The van der Waals surface area contributed by atoms with Crippen LogP contribution in [0.5, 0.6) is 11.5 Å². The van der Waals surface area contributed by atoms with Crippen LogP contribution in [0.15, 0.2) is 54.6 Å². The Morgan fingerprint density at radius 2 is 1.75 bits per heavy atom. The molecule has 2 aromatic rings. The molecule has 0 saturated heterocycles. The number of carboxylic acid groups (broad SMARTS) is 1. The van der Waals surface area contributed by atoms with Gasteiger partial charge < -0.3 is 14.6 Å². The number of benzene rings is 2. The Hall–Kier alpha value is -2.33. The fourth-order valence-electron chi connectivity index (χ4n) is 1.86. The van der Waals surface area contributed by atoms with Gasteiger partial charge in [0.2, 0.25) is 0 Å². The molecule has 0 spiro atoms. The number of hydrogen-bond acceptors (Lipinski definition) is 3. The van der Waals surface area contributed by atoms with E-state index in [4.69, 9.17) is 14.6 Å². The van der Waals surface area contributed by atoms with Crippen molar-refractivity contribution in [1.82, 2.24) is 0 Å². The average molecular weight is 272 g/mol. The third-order valence-corrected chi connectivity index (χ3v) is 2.91. The Kier molecular flexibility index (Phi) is 4.74. The quantitative estimate of drug-likeness (QED) is 0.877. The van der Waals surface area contributed by atoms with E-state index in [1.54, 1.807) is 0 Å². The van der Waals surface area contributed by atoms with E-state index in [0.717, 1.165) is 5.56 Å². The summed E-state index contributed by atoms with van der Waals surface area (Å²) < 4.78 is 10.8. The number of carboxylic acids is 1. The summed E-state index contributed by atoms with van der Waals surface area (Å²) >= 11 is 0. The lowest BCUT2D eigenvalue weighted by molar-refractivity contribution is -0.148. The van der Waals surface area contributed by atoms with Gasteiger partial charge in [-0.2, -0.15) is 0 Å². The summed E-state index contributed by atoms with van der Waals surface area (Å²) in [5, 5.41) is 9.05. The van der Waals surface area contributed by atoms with Crippen LogP contribution in [0.4, 0.5) is 0 Å². The highest BCUT2D eigenvalue weighted by Gasteiger charge is 2.19. The fraction of sp³-hybridized carbons (Fsp3) is 0.188. The van der Waals surface area contributed by atoms with Crippen LogP contribution in [0, 0.1) is 0 Å². The van der Waals surface area contributed by atoms with E-state index in [2.05, 4.69) is 0 Å². The van der Waals surface area contributed by atoms with Gasteiger partial charge in [0.15, 0.2) is 6.10 Å². The third kappa shape index (κ3) is 3.59. The minimum Gasteiger partial charge on any atom is -0.479 e. The first-order valence-electron chi connectivity index (χ1n) is 6.27. The van der Waals surface area contributed by atoms with Gasteiger partial charge in [-0.1, -0.05) is 36.4 Å². The first kappa shape index (κ1) is 14.1. The van der Waals surface area contributed by atoms with Crippen molar-refractivity contribution in [1.29, 1.82) is 0 Å². The fourth-order valence-corrected chi connectivity index (χ4v) is 1.86. The summed E-state index contributed by atoms with van der Waals surface area (Å²) in [6.07, 6.45) is -0.620. The minimum absolute atomic E-state index is 0.259. The molecule has 2 aromatic carbocycles. The van der Waals surface area contributed by atoms with Crippen molar-refractivity contribution in [3.63, 3.8) is 0 Å². The summed E-state index contributed by atoms with van der Waals surface area (Å²) in [4.78, 5) is 11.0. The van der Waals surface area contributed by atoms with Crippen LogP contribution in [-0.4, -0.2) is 24.3 Å². The standard InChI is InChI=1S/C16H16O4/c1-19-15(16(17)18)11-12-7-5-6-10-14(12)20-13-8-3-2-4-9-13/h2-10,15H,11H2,1H3,(H,17,18)/t15-/m1/s1. The van der Waals surface area contributed by atoms with Crippen LogP contribution in [0.2, 0.25) is 0 Å². The Balaban J connectivity index is 2.20. The van der Waals surface area contributed by atoms with Gasteiger partial charge in [-0.3, -0.25) is 0 Å². The van der Waals surface area contributed by atoms with Crippen LogP contribution >= 0.6 is 0 Å². The number of ether oxygens (including phenoxy) is 2. The average Bonchev–Trinajstić information content (AvgIpc) is 2.47. The van der Waals surface area contributed by atoms with Crippen molar-refractivity contribution < 1.29 is 19.4 Å². The lowest BCUT2D eigenvalue weighted by Crippen LogP contribution is -2.25. The summed E-state index contributed by atoms with van der Waals surface area (Å²) in [5.41, 5.74) is 0.797. The van der Waals surface area contributed by atoms with E-state index in [1.807, 2.05) is 54.6 Å². The molecule has 0 aliphatic rings. The zero-order valence-electron chi connectivity index (χ0n) is 11.2. The number of hydrogen-bond donors (Lipinski definition) is 1. The second-order valence-corrected chi connectivity index (χ2v) is 4.29. The van der Waals surface area contributed by atoms with Crippen molar-refractivity contribution in [2.45, 2.75) is 12.5 Å². The lowest BCUT2D eigenvalue weighted by atomic mass is 10.1. The molecule has 104 valence electrons. The molecule has 0 aromatic heterocycles. The van der Waals surface area contributed by atoms with Gasteiger partial charge in [0, 0.05) is 13.5 Å². The maximum absolute atomic E-state index is 11.0. The van der Waals surface area contributed by atoms with Gasteiger partial charge in [-0.25, -0.2) is 4.79 Å². The van der Waals surface area contributed by atoms with Gasteiger partial charge in [0.25, 0.3) is 0 Å². The highest BCUT2D eigenvalue weighted by molar-refractivity contribution is 5.73. The molecular formula is C16H16O4. The number of rotatable bonds is 6. The highest BCUT2D eigenvalue weighted by atomic mass is 16.5. The number of methoxy groups -OCH3 is 1. The maximum Gasteiger partial charge on any atom is 0.333 e. The molecule has 0 amide bonds. The van der Waals surface area contributed by atoms with Gasteiger partial charge in [0.05, 0.1) is 0 Å². The zero-order valence-corrected chi connectivity index (χ0v) is 11.2. The van der Waals surface area contributed by atoms with Gasteiger partial charge in [-0.15, -0.1) is 0 Å². The second kappa shape index (κ2) is 6.73. The minimum atomic E-state index is -0.984. The summed E-state index contributed by atoms with van der Waals surface area (Å²) in [6.45, 7) is 0. The Morgan fingerprint density at radius 1 is 1.10 bits per heavy atom. The van der Waals surface area contributed by atoms with Crippen molar-refractivity contribution in [3.8, 4) is 11.5 Å². The van der Waals surface area contributed by atoms with Gasteiger partial charge >= 0.3 is 5.97 Å². The molecule has 0 saturated carbocycles. The molecule has 2 rings (SSSR count). The lowest BCUT2D eigenvalue weighted by Gasteiger charge is -2.14. The molecule has 0 fully saturated rings. The topological polar surface area (TPSA) is 55.8 Å². The van der Waals surface area contributed by atoms with E-state index in [9.17, 15) is 4.79 Å². The second-order valence-electron chi connectivity index (χ2n) is 4.29. The van der Waals surface area contributed by atoms with E-state index in [0.29, 0.717) is 11.5 Å². The summed E-state index contributed by atoms with van der Waals surface area (Å²) in [7, 11) is 1.39. The molecule has 4 heteroatoms. The van der Waals surface area contributed by atoms with Gasteiger partial charge in [-0.05, 0) is 23.8 Å². The summed E-state index contributed by atoms with van der Waals surface area (Å²) in [6, 6.07) is 16.7. The molecule has 0 heterocycles. The van der Waals surface area contributed by atoms with Crippen molar-refractivity contribution in [2.75, 3.05) is 7.11 Å². The normalized spacial score (nSPS) is 11.8. The van der Waals surface area contributed by atoms with Crippen molar-refractivity contribution >= 4 is 5.97 Å². The first-order valence-corrected chi connectivity index (χ1v) is 6.27. The predicted molar refractivity (Wildman–Crippen MR) is 75.1 cm³/mol. The molecule has 1 N–H and O–H groups in total.